The predicted octanol–water partition coefficient (Wildman–Crippen LogP) is 2.23. The number of aryl methyl sites for hydroxylation is 1. The highest BCUT2D eigenvalue weighted by Gasteiger charge is 2.17. The van der Waals surface area contributed by atoms with E-state index in [9.17, 15) is 9.18 Å². The lowest BCUT2D eigenvalue weighted by Crippen LogP contribution is -2.37. The van der Waals surface area contributed by atoms with Gasteiger partial charge in [0.15, 0.2) is 0 Å². The molecule has 0 saturated carbocycles. The van der Waals surface area contributed by atoms with Crippen molar-refractivity contribution in [3.05, 3.63) is 64.0 Å². The lowest BCUT2D eigenvalue weighted by Gasteiger charge is -2.28. The van der Waals surface area contributed by atoms with Crippen molar-refractivity contribution in [3.8, 4) is 11.3 Å². The first-order valence-corrected chi connectivity index (χ1v) is 8.73. The van der Waals surface area contributed by atoms with Gasteiger partial charge in [-0.05, 0) is 31.2 Å². The number of hydrogen-bond donors (Lipinski definition) is 0. The zero-order valence-electron chi connectivity index (χ0n) is 14.9. The van der Waals surface area contributed by atoms with E-state index in [0.717, 1.165) is 29.9 Å². The number of halogens is 1. The third-order valence-corrected chi connectivity index (χ3v) is 4.64. The Kier molecular flexibility index (Phi) is 4.72. The second-order valence-electron chi connectivity index (χ2n) is 6.38. The quantitative estimate of drug-likeness (QED) is 0.701. The van der Waals surface area contributed by atoms with E-state index in [1.807, 2.05) is 0 Å². The monoisotopic (exact) mass is 370 g/mol. The minimum atomic E-state index is -0.322. The summed E-state index contributed by atoms with van der Waals surface area (Å²) in [5.41, 5.74) is 2.64. The Morgan fingerprint density at radius 2 is 1.93 bits per heavy atom. The molecule has 0 unspecified atom stereocenters. The first-order chi connectivity index (χ1) is 13.1. The number of hydrogen-bond acceptors (Lipinski definition) is 6. The fourth-order valence-corrected chi connectivity index (χ4v) is 3.10. The van der Waals surface area contributed by atoms with Crippen LogP contribution < -0.4 is 10.5 Å². The van der Waals surface area contributed by atoms with E-state index in [2.05, 4.69) is 15.2 Å². The smallest absolute Gasteiger partial charge is 0.269 e. The van der Waals surface area contributed by atoms with Crippen molar-refractivity contribution in [3.63, 3.8) is 0 Å². The van der Waals surface area contributed by atoms with Gasteiger partial charge in [0.05, 0.1) is 31.6 Å². The van der Waals surface area contributed by atoms with Gasteiger partial charge in [-0.3, -0.25) is 4.79 Å². The maximum absolute atomic E-state index is 13.2. The molecular formula is C19H19FN4O3. The van der Waals surface area contributed by atoms with Crippen molar-refractivity contribution in [1.82, 2.24) is 14.9 Å². The summed E-state index contributed by atoms with van der Waals surface area (Å²) in [5.74, 6) is 0.275. The Morgan fingerprint density at radius 3 is 2.63 bits per heavy atom. The molecule has 1 aliphatic rings. The summed E-state index contributed by atoms with van der Waals surface area (Å²) in [5, 5.41) is 8.38. The topological polar surface area (TPSA) is 73.4 Å². The van der Waals surface area contributed by atoms with Gasteiger partial charge in [-0.15, -0.1) is 0 Å². The number of ether oxygens (including phenoxy) is 1. The highest BCUT2D eigenvalue weighted by Crippen LogP contribution is 2.26. The lowest BCUT2D eigenvalue weighted by atomic mass is 10.1. The van der Waals surface area contributed by atoms with Crippen molar-refractivity contribution in [2.45, 2.75) is 13.5 Å². The number of rotatable bonds is 4. The summed E-state index contributed by atoms with van der Waals surface area (Å²) in [6, 6.07) is 7.58. The van der Waals surface area contributed by atoms with Crippen molar-refractivity contribution in [2.75, 3.05) is 31.2 Å². The Hall–Kier alpha value is -3.00. The van der Waals surface area contributed by atoms with Crippen LogP contribution in [0.3, 0.4) is 0 Å². The summed E-state index contributed by atoms with van der Waals surface area (Å²) in [4.78, 5) is 14.6. The molecule has 3 heterocycles. The van der Waals surface area contributed by atoms with Gasteiger partial charge in [0.2, 0.25) is 0 Å². The molecule has 140 valence electrons. The molecule has 1 fully saturated rings. The molecule has 0 bridgehead atoms. The second-order valence-corrected chi connectivity index (χ2v) is 6.38. The zero-order valence-corrected chi connectivity index (χ0v) is 14.9. The number of morpholine rings is 1. The van der Waals surface area contributed by atoms with Gasteiger partial charge in [0, 0.05) is 30.3 Å². The van der Waals surface area contributed by atoms with Crippen LogP contribution in [0.4, 0.5) is 10.1 Å². The average Bonchev–Trinajstić information content (AvgIpc) is 3.05. The Bertz CT molecular complexity index is 991. The molecule has 0 spiro atoms. The molecule has 0 amide bonds. The van der Waals surface area contributed by atoms with Crippen LogP contribution in [-0.2, 0) is 11.3 Å². The van der Waals surface area contributed by atoms with E-state index in [1.54, 1.807) is 31.3 Å². The number of aromatic nitrogens is 3. The lowest BCUT2D eigenvalue weighted by molar-refractivity contribution is 0.122. The Labute approximate surface area is 155 Å². The van der Waals surface area contributed by atoms with Crippen LogP contribution in [0, 0.1) is 12.7 Å². The summed E-state index contributed by atoms with van der Waals surface area (Å²) in [6.07, 6.45) is 1.69. The van der Waals surface area contributed by atoms with E-state index in [4.69, 9.17) is 9.26 Å². The van der Waals surface area contributed by atoms with Gasteiger partial charge >= 0.3 is 0 Å². The highest BCUT2D eigenvalue weighted by molar-refractivity contribution is 5.63. The minimum absolute atomic E-state index is 0.204. The third-order valence-electron chi connectivity index (χ3n) is 4.64. The molecule has 3 aromatic rings. The maximum Gasteiger partial charge on any atom is 0.269 e. The fourth-order valence-electron chi connectivity index (χ4n) is 3.10. The number of benzene rings is 1. The SMILES string of the molecule is Cc1onc(-c2ccc(F)cc2)c1Cn1ncc(N2CCOCC2)cc1=O. The second kappa shape index (κ2) is 7.32. The third kappa shape index (κ3) is 3.61. The number of anilines is 1. The highest BCUT2D eigenvalue weighted by atomic mass is 19.1. The maximum atomic E-state index is 13.2. The first-order valence-electron chi connectivity index (χ1n) is 8.73. The Balaban J connectivity index is 1.62. The summed E-state index contributed by atoms with van der Waals surface area (Å²) < 4.78 is 25.2. The minimum Gasteiger partial charge on any atom is -0.378 e. The van der Waals surface area contributed by atoms with Gasteiger partial charge in [0.1, 0.15) is 17.3 Å². The standard InChI is InChI=1S/C19H19FN4O3/c1-13-17(19(22-27-13)14-2-4-15(20)5-3-14)12-24-18(25)10-16(11-21-24)23-6-8-26-9-7-23/h2-5,10-11H,6-9,12H2,1H3. The van der Waals surface area contributed by atoms with Crippen molar-refractivity contribution in [2.24, 2.45) is 0 Å². The molecule has 8 heteroatoms. The van der Waals surface area contributed by atoms with E-state index in [0.29, 0.717) is 24.7 Å². The van der Waals surface area contributed by atoms with Crippen LogP contribution >= 0.6 is 0 Å². The van der Waals surface area contributed by atoms with Crippen LogP contribution in [0.2, 0.25) is 0 Å². The molecule has 0 atom stereocenters. The molecule has 4 rings (SSSR count). The molecule has 1 aliphatic heterocycles. The average molecular weight is 370 g/mol. The predicted molar refractivity (Wildman–Crippen MR) is 97.3 cm³/mol. The summed E-state index contributed by atoms with van der Waals surface area (Å²) in [6.45, 7) is 4.77. The van der Waals surface area contributed by atoms with Gasteiger partial charge in [-0.1, -0.05) is 5.16 Å². The molecule has 0 N–H and O–H groups in total. The van der Waals surface area contributed by atoms with Crippen LogP contribution in [0.5, 0.6) is 0 Å². The molecule has 1 aromatic carbocycles. The Morgan fingerprint density at radius 1 is 1.19 bits per heavy atom. The van der Waals surface area contributed by atoms with Crippen molar-refractivity contribution >= 4 is 5.69 Å². The van der Waals surface area contributed by atoms with Gasteiger partial charge in [0.25, 0.3) is 5.56 Å². The van der Waals surface area contributed by atoms with Crippen LogP contribution in [0.1, 0.15) is 11.3 Å². The molecule has 0 aliphatic carbocycles. The van der Waals surface area contributed by atoms with Gasteiger partial charge in [-0.25, -0.2) is 9.07 Å². The largest absolute Gasteiger partial charge is 0.378 e. The summed E-state index contributed by atoms with van der Waals surface area (Å²) in [7, 11) is 0. The van der Waals surface area contributed by atoms with E-state index >= 15 is 0 Å². The van der Waals surface area contributed by atoms with Crippen molar-refractivity contribution in [1.29, 1.82) is 0 Å². The number of nitrogens with zero attached hydrogens (tertiary/aromatic N) is 4. The van der Waals surface area contributed by atoms with Crippen LogP contribution in [0.25, 0.3) is 11.3 Å². The van der Waals surface area contributed by atoms with E-state index in [-0.39, 0.29) is 17.9 Å². The zero-order chi connectivity index (χ0) is 18.8. The van der Waals surface area contributed by atoms with Crippen molar-refractivity contribution < 1.29 is 13.7 Å². The van der Waals surface area contributed by atoms with Crippen LogP contribution in [0.15, 0.2) is 45.8 Å². The molecule has 0 radical (unpaired) electrons. The van der Waals surface area contributed by atoms with Gasteiger partial charge in [-0.2, -0.15) is 5.10 Å². The molecule has 2 aromatic heterocycles. The van der Waals surface area contributed by atoms with Crippen LogP contribution in [-0.4, -0.2) is 41.2 Å². The van der Waals surface area contributed by atoms with E-state index in [1.165, 1.54) is 16.8 Å². The summed E-state index contributed by atoms with van der Waals surface area (Å²) >= 11 is 0. The molecular weight excluding hydrogens is 351 g/mol. The molecule has 7 nitrogen and oxygen atoms in total. The first kappa shape index (κ1) is 17.4. The fraction of sp³-hybridized carbons (Fsp3) is 0.316. The van der Waals surface area contributed by atoms with E-state index < -0.39 is 0 Å². The molecule has 27 heavy (non-hydrogen) atoms. The van der Waals surface area contributed by atoms with Gasteiger partial charge < -0.3 is 14.2 Å². The molecule has 1 saturated heterocycles. The normalized spacial score (nSPS) is 14.5.